The molecule has 0 amide bonds. The standard InChI is InChI=1S/C24H32N6O2S/c1-15-18(21-28-19-16(2)25-12-7-17(19)33-21)20(30-23(14-31)8-3-4-9-23)29-22(27-15)26-13-24(32)10-5-6-11-24/h7,12,31-32H,3-6,8-11,13-14H2,1-2H3,(H2,26,27,29,30). The number of hydrogen-bond donors (Lipinski definition) is 4. The number of aromatic nitrogens is 4. The van der Waals surface area contributed by atoms with Crippen LogP contribution in [0.5, 0.6) is 0 Å². The minimum Gasteiger partial charge on any atom is -0.394 e. The van der Waals surface area contributed by atoms with E-state index in [4.69, 9.17) is 15.0 Å². The second-order valence-corrected chi connectivity index (χ2v) is 10.7. The molecule has 8 nitrogen and oxygen atoms in total. The molecule has 2 aliphatic carbocycles. The summed E-state index contributed by atoms with van der Waals surface area (Å²) in [5, 5.41) is 28.7. The van der Waals surface area contributed by atoms with E-state index in [0.29, 0.717) is 18.3 Å². The Balaban J connectivity index is 1.55. The normalized spacial score (nSPS) is 19.3. The third-order valence-electron chi connectivity index (χ3n) is 7.15. The van der Waals surface area contributed by atoms with Gasteiger partial charge in [0, 0.05) is 12.7 Å². The van der Waals surface area contributed by atoms with E-state index in [1.54, 1.807) is 11.3 Å². The summed E-state index contributed by atoms with van der Waals surface area (Å²) in [6.45, 7) is 4.42. The fourth-order valence-corrected chi connectivity index (χ4v) is 6.28. The number of pyridine rings is 1. The van der Waals surface area contributed by atoms with Crippen molar-refractivity contribution in [3.63, 3.8) is 0 Å². The van der Waals surface area contributed by atoms with E-state index >= 15 is 0 Å². The molecule has 2 saturated carbocycles. The number of thiazole rings is 1. The topological polar surface area (TPSA) is 116 Å². The Morgan fingerprint density at radius 3 is 2.42 bits per heavy atom. The zero-order chi connectivity index (χ0) is 23.1. The second-order valence-electron chi connectivity index (χ2n) is 9.67. The Bertz CT molecular complexity index is 1150. The van der Waals surface area contributed by atoms with Gasteiger partial charge in [0.15, 0.2) is 0 Å². The van der Waals surface area contributed by atoms with Crippen LogP contribution >= 0.6 is 11.3 Å². The molecule has 33 heavy (non-hydrogen) atoms. The predicted molar refractivity (Wildman–Crippen MR) is 132 cm³/mol. The Labute approximate surface area is 197 Å². The first kappa shape index (κ1) is 22.4. The molecule has 0 radical (unpaired) electrons. The molecule has 0 unspecified atom stereocenters. The first-order valence-electron chi connectivity index (χ1n) is 11.9. The van der Waals surface area contributed by atoms with Gasteiger partial charge in [0.25, 0.3) is 0 Å². The largest absolute Gasteiger partial charge is 0.394 e. The number of hydrogen-bond acceptors (Lipinski definition) is 9. The number of fused-ring (bicyclic) bond motifs is 1. The van der Waals surface area contributed by atoms with Crippen molar-refractivity contribution in [3.05, 3.63) is 23.7 Å². The minimum absolute atomic E-state index is 0.0564. The summed E-state index contributed by atoms with van der Waals surface area (Å²) in [5.74, 6) is 1.17. The van der Waals surface area contributed by atoms with Gasteiger partial charge in [-0.25, -0.2) is 9.97 Å². The minimum atomic E-state index is -0.696. The number of aliphatic hydroxyl groups excluding tert-OH is 1. The number of rotatable bonds is 7. The molecule has 9 heteroatoms. The summed E-state index contributed by atoms with van der Waals surface area (Å²) < 4.78 is 1.08. The summed E-state index contributed by atoms with van der Waals surface area (Å²) in [7, 11) is 0. The van der Waals surface area contributed by atoms with E-state index in [0.717, 1.165) is 83.5 Å². The van der Waals surface area contributed by atoms with Gasteiger partial charge in [0.2, 0.25) is 5.95 Å². The summed E-state index contributed by atoms with van der Waals surface area (Å²) >= 11 is 1.60. The zero-order valence-corrected chi connectivity index (χ0v) is 20.1. The Kier molecular flexibility index (Phi) is 5.96. The van der Waals surface area contributed by atoms with Crippen molar-refractivity contribution in [2.45, 2.75) is 76.4 Å². The first-order chi connectivity index (χ1) is 15.9. The van der Waals surface area contributed by atoms with Crippen molar-refractivity contribution >= 4 is 33.3 Å². The zero-order valence-electron chi connectivity index (χ0n) is 19.3. The van der Waals surface area contributed by atoms with Gasteiger partial charge in [-0.05, 0) is 45.6 Å². The molecule has 0 aromatic carbocycles. The van der Waals surface area contributed by atoms with E-state index in [1.807, 2.05) is 26.1 Å². The maximum Gasteiger partial charge on any atom is 0.225 e. The van der Waals surface area contributed by atoms with Crippen LogP contribution in [0.3, 0.4) is 0 Å². The smallest absolute Gasteiger partial charge is 0.225 e. The highest BCUT2D eigenvalue weighted by atomic mass is 32.1. The van der Waals surface area contributed by atoms with E-state index in [9.17, 15) is 10.2 Å². The Hall–Kier alpha value is -2.36. The molecule has 2 aliphatic rings. The van der Waals surface area contributed by atoms with E-state index in [2.05, 4.69) is 15.6 Å². The fraction of sp³-hybridized carbons (Fsp3) is 0.583. The van der Waals surface area contributed by atoms with Gasteiger partial charge >= 0.3 is 0 Å². The molecule has 3 heterocycles. The molecule has 176 valence electrons. The molecule has 0 spiro atoms. The third-order valence-corrected chi connectivity index (χ3v) is 8.19. The molecule has 0 bridgehead atoms. The van der Waals surface area contributed by atoms with Gasteiger partial charge in [0.05, 0.1) is 39.4 Å². The molecule has 3 aromatic rings. The highest BCUT2D eigenvalue weighted by Crippen LogP contribution is 2.40. The highest BCUT2D eigenvalue weighted by Gasteiger charge is 2.35. The van der Waals surface area contributed by atoms with Crippen LogP contribution in [0.4, 0.5) is 11.8 Å². The molecular formula is C24H32N6O2S. The first-order valence-corrected chi connectivity index (χ1v) is 12.7. The lowest BCUT2D eigenvalue weighted by Crippen LogP contribution is -2.40. The predicted octanol–water partition coefficient (Wildman–Crippen LogP) is 4.20. The van der Waals surface area contributed by atoms with Crippen molar-refractivity contribution in [1.29, 1.82) is 0 Å². The SMILES string of the molecule is Cc1nc(NCC2(O)CCCC2)nc(NC2(CO)CCCC2)c1-c1nc2c(C)nccc2s1. The van der Waals surface area contributed by atoms with Crippen LogP contribution in [0.25, 0.3) is 20.8 Å². The van der Waals surface area contributed by atoms with E-state index < -0.39 is 5.60 Å². The third kappa shape index (κ3) is 4.41. The quantitative estimate of drug-likeness (QED) is 0.408. The number of anilines is 2. The van der Waals surface area contributed by atoms with Crippen LogP contribution in [-0.4, -0.2) is 54.4 Å². The monoisotopic (exact) mass is 468 g/mol. The Morgan fingerprint density at radius 2 is 1.73 bits per heavy atom. The van der Waals surface area contributed by atoms with Gasteiger partial charge in [-0.1, -0.05) is 25.7 Å². The summed E-state index contributed by atoms with van der Waals surface area (Å²) in [6.07, 6.45) is 9.47. The van der Waals surface area contributed by atoms with Crippen LogP contribution in [0.15, 0.2) is 12.3 Å². The number of nitrogens with zero attached hydrogens (tertiary/aromatic N) is 4. The molecule has 2 fully saturated rings. The molecular weight excluding hydrogens is 436 g/mol. The van der Waals surface area contributed by atoms with Crippen LogP contribution in [0.1, 0.15) is 62.8 Å². The maximum absolute atomic E-state index is 10.8. The van der Waals surface area contributed by atoms with Crippen molar-refractivity contribution < 1.29 is 10.2 Å². The van der Waals surface area contributed by atoms with Gasteiger partial charge in [-0.3, -0.25) is 4.98 Å². The van der Waals surface area contributed by atoms with Crippen molar-refractivity contribution in [2.75, 3.05) is 23.8 Å². The fourth-order valence-electron chi connectivity index (χ4n) is 5.17. The van der Waals surface area contributed by atoms with Crippen molar-refractivity contribution in [2.24, 2.45) is 0 Å². The molecule has 0 atom stereocenters. The molecule has 4 N–H and O–H groups in total. The van der Waals surface area contributed by atoms with E-state index in [1.165, 1.54) is 0 Å². The number of aliphatic hydroxyl groups is 2. The van der Waals surface area contributed by atoms with Crippen molar-refractivity contribution in [1.82, 2.24) is 19.9 Å². The Morgan fingerprint density at radius 1 is 1.00 bits per heavy atom. The molecule has 5 rings (SSSR count). The van der Waals surface area contributed by atoms with Crippen molar-refractivity contribution in [3.8, 4) is 10.6 Å². The number of nitrogens with one attached hydrogen (secondary N) is 2. The molecule has 3 aromatic heterocycles. The average molecular weight is 469 g/mol. The van der Waals surface area contributed by atoms with Crippen LogP contribution < -0.4 is 10.6 Å². The second kappa shape index (κ2) is 8.77. The van der Waals surface area contributed by atoms with Gasteiger partial charge < -0.3 is 20.8 Å². The lowest BCUT2D eigenvalue weighted by atomic mass is 9.98. The van der Waals surface area contributed by atoms with E-state index in [-0.39, 0.29) is 12.1 Å². The van der Waals surface area contributed by atoms with Crippen LogP contribution in [-0.2, 0) is 0 Å². The molecule has 0 saturated heterocycles. The van der Waals surface area contributed by atoms with Gasteiger partial charge in [0.1, 0.15) is 16.3 Å². The number of aryl methyl sites for hydroxylation is 2. The highest BCUT2D eigenvalue weighted by molar-refractivity contribution is 7.21. The van der Waals surface area contributed by atoms with Gasteiger partial charge in [-0.15, -0.1) is 11.3 Å². The lowest BCUT2D eigenvalue weighted by molar-refractivity contribution is 0.0613. The molecule has 0 aliphatic heterocycles. The summed E-state index contributed by atoms with van der Waals surface area (Å²) in [5.41, 5.74) is 2.38. The lowest BCUT2D eigenvalue weighted by Gasteiger charge is -2.30. The van der Waals surface area contributed by atoms with Crippen LogP contribution in [0.2, 0.25) is 0 Å². The average Bonchev–Trinajstić information content (AvgIpc) is 3.53. The van der Waals surface area contributed by atoms with Gasteiger partial charge in [-0.2, -0.15) is 4.98 Å². The maximum atomic E-state index is 10.8. The van der Waals surface area contributed by atoms with Crippen LogP contribution in [0, 0.1) is 13.8 Å². The summed E-state index contributed by atoms with van der Waals surface area (Å²) in [6, 6.07) is 1.98. The summed E-state index contributed by atoms with van der Waals surface area (Å²) in [4.78, 5) is 18.8.